The number of carbonyl (C=O) groups excluding carboxylic acids is 1. The van der Waals surface area contributed by atoms with Crippen LogP contribution >= 0.6 is 11.3 Å². The minimum Gasteiger partial charge on any atom is -0.493 e. The molecule has 0 saturated carbocycles. The van der Waals surface area contributed by atoms with Gasteiger partial charge in [-0.15, -0.1) is 11.3 Å². The predicted molar refractivity (Wildman–Crippen MR) is 111 cm³/mol. The summed E-state index contributed by atoms with van der Waals surface area (Å²) in [6.07, 6.45) is 5.46. The van der Waals surface area contributed by atoms with E-state index in [2.05, 4.69) is 18.4 Å². The molecule has 0 aliphatic carbocycles. The predicted octanol–water partition coefficient (Wildman–Crippen LogP) is 5.09. The van der Waals surface area contributed by atoms with Crippen LogP contribution in [-0.2, 0) is 11.2 Å². The van der Waals surface area contributed by atoms with E-state index in [1.54, 1.807) is 24.5 Å². The van der Waals surface area contributed by atoms with Crippen LogP contribution in [0.1, 0.15) is 49.2 Å². The molecule has 0 radical (unpaired) electrons. The summed E-state index contributed by atoms with van der Waals surface area (Å²) < 4.78 is 11.2. The molecule has 0 bridgehead atoms. The highest BCUT2D eigenvalue weighted by molar-refractivity contribution is 7.10. The minimum absolute atomic E-state index is 0.0557. The third-order valence-corrected chi connectivity index (χ3v) is 5.73. The zero-order chi connectivity index (χ0) is 19.4. The maximum atomic E-state index is 12.8. The molecular formula is C22H27NO3S. The van der Waals surface area contributed by atoms with E-state index in [9.17, 15) is 4.79 Å². The van der Waals surface area contributed by atoms with Crippen LogP contribution in [0.3, 0.4) is 0 Å². The van der Waals surface area contributed by atoms with Crippen molar-refractivity contribution < 1.29 is 14.3 Å². The van der Waals surface area contributed by atoms with Crippen LogP contribution in [0.25, 0.3) is 6.08 Å². The first-order valence-corrected chi connectivity index (χ1v) is 10.3. The summed E-state index contributed by atoms with van der Waals surface area (Å²) in [5, 5.41) is 2.13. The van der Waals surface area contributed by atoms with Crippen LogP contribution in [0, 0.1) is 0 Å². The number of hydrogen-bond acceptors (Lipinski definition) is 4. The van der Waals surface area contributed by atoms with Crippen molar-refractivity contribution >= 4 is 23.3 Å². The quantitative estimate of drug-likeness (QED) is 0.650. The van der Waals surface area contributed by atoms with Gasteiger partial charge in [-0.25, -0.2) is 0 Å². The molecule has 4 nitrogen and oxygen atoms in total. The number of carbonyl (C=O) groups is 1. The summed E-state index contributed by atoms with van der Waals surface area (Å²) in [7, 11) is 1.62. The smallest absolute Gasteiger partial charge is 0.247 e. The monoisotopic (exact) mass is 385 g/mol. The maximum absolute atomic E-state index is 12.8. The number of rotatable bonds is 6. The van der Waals surface area contributed by atoms with Crippen molar-refractivity contribution in [3.05, 3.63) is 51.7 Å². The van der Waals surface area contributed by atoms with Gasteiger partial charge in [0.05, 0.1) is 19.3 Å². The highest BCUT2D eigenvalue weighted by atomic mass is 32.1. The molecule has 1 aliphatic rings. The number of fused-ring (bicyclic) bond motifs is 1. The third-order valence-electron chi connectivity index (χ3n) is 4.73. The van der Waals surface area contributed by atoms with Crippen molar-refractivity contribution in [2.45, 2.75) is 45.8 Å². The van der Waals surface area contributed by atoms with Crippen molar-refractivity contribution in [3.63, 3.8) is 0 Å². The van der Waals surface area contributed by atoms with Crippen molar-refractivity contribution in [3.8, 4) is 11.5 Å². The molecule has 1 unspecified atom stereocenters. The first-order valence-electron chi connectivity index (χ1n) is 9.43. The van der Waals surface area contributed by atoms with Crippen LogP contribution in [0.2, 0.25) is 0 Å². The number of amides is 1. The lowest BCUT2D eigenvalue weighted by atomic mass is 9.97. The molecule has 0 spiro atoms. The number of benzene rings is 1. The Kier molecular flexibility index (Phi) is 6.22. The fraction of sp³-hybridized carbons (Fsp3) is 0.409. The van der Waals surface area contributed by atoms with E-state index >= 15 is 0 Å². The van der Waals surface area contributed by atoms with Gasteiger partial charge in [-0.2, -0.15) is 0 Å². The first kappa shape index (κ1) is 19.5. The highest BCUT2D eigenvalue weighted by Gasteiger charge is 2.29. The van der Waals surface area contributed by atoms with Gasteiger partial charge in [0.2, 0.25) is 5.91 Å². The molecule has 1 aromatic heterocycles. The standard InChI is InChI=1S/C22H27NO3S/c1-5-18-17-11-13-27-21(17)10-12-23(18)22(24)9-7-16-6-8-19(26-15(2)3)20(14-16)25-4/h6-9,11,13-15,18H,5,10,12H2,1-4H3. The largest absolute Gasteiger partial charge is 0.493 e. The van der Waals surface area contributed by atoms with Gasteiger partial charge in [0.25, 0.3) is 0 Å². The Morgan fingerprint density at radius 3 is 2.85 bits per heavy atom. The Labute approximate surface area is 165 Å². The van der Waals surface area contributed by atoms with Gasteiger partial charge in [0.15, 0.2) is 11.5 Å². The van der Waals surface area contributed by atoms with Crippen LogP contribution < -0.4 is 9.47 Å². The Bertz CT molecular complexity index is 825. The molecule has 1 aliphatic heterocycles. The Morgan fingerprint density at radius 2 is 2.15 bits per heavy atom. The van der Waals surface area contributed by atoms with Crippen molar-refractivity contribution in [1.29, 1.82) is 0 Å². The van der Waals surface area contributed by atoms with Gasteiger partial charge in [-0.1, -0.05) is 13.0 Å². The SMILES string of the molecule is CCC1c2ccsc2CCN1C(=O)C=Cc1ccc(OC(C)C)c(OC)c1. The Hall–Kier alpha value is -2.27. The van der Waals surface area contributed by atoms with Crippen LogP contribution in [0.5, 0.6) is 11.5 Å². The summed E-state index contributed by atoms with van der Waals surface area (Å²) in [5.74, 6) is 1.44. The Balaban J connectivity index is 1.75. The molecule has 0 saturated heterocycles. The van der Waals surface area contributed by atoms with E-state index in [1.807, 2.05) is 43.0 Å². The lowest BCUT2D eigenvalue weighted by Gasteiger charge is -2.34. The maximum Gasteiger partial charge on any atom is 0.247 e. The van der Waals surface area contributed by atoms with Crippen LogP contribution in [0.4, 0.5) is 0 Å². The molecule has 5 heteroatoms. The van der Waals surface area contributed by atoms with E-state index in [4.69, 9.17) is 9.47 Å². The number of hydrogen-bond donors (Lipinski definition) is 0. The van der Waals surface area contributed by atoms with E-state index in [0.29, 0.717) is 11.5 Å². The average Bonchev–Trinajstić information content (AvgIpc) is 3.14. The van der Waals surface area contributed by atoms with Crippen molar-refractivity contribution in [2.75, 3.05) is 13.7 Å². The summed E-state index contributed by atoms with van der Waals surface area (Å²) in [5.41, 5.74) is 2.23. The second kappa shape index (κ2) is 8.61. The lowest BCUT2D eigenvalue weighted by molar-refractivity contribution is -0.128. The third kappa shape index (κ3) is 4.35. The van der Waals surface area contributed by atoms with Crippen LogP contribution in [0.15, 0.2) is 35.7 Å². The topological polar surface area (TPSA) is 38.8 Å². The summed E-state index contributed by atoms with van der Waals surface area (Å²) in [4.78, 5) is 16.2. The zero-order valence-electron chi connectivity index (χ0n) is 16.4. The zero-order valence-corrected chi connectivity index (χ0v) is 17.2. The molecular weight excluding hydrogens is 358 g/mol. The van der Waals surface area contributed by atoms with E-state index in [-0.39, 0.29) is 18.1 Å². The van der Waals surface area contributed by atoms with Gasteiger partial charge in [-0.3, -0.25) is 4.79 Å². The minimum atomic E-state index is 0.0557. The molecule has 27 heavy (non-hydrogen) atoms. The molecule has 2 heterocycles. The molecule has 2 aromatic rings. The van der Waals surface area contributed by atoms with Gasteiger partial charge >= 0.3 is 0 Å². The van der Waals surface area contributed by atoms with Crippen molar-refractivity contribution in [2.24, 2.45) is 0 Å². The summed E-state index contributed by atoms with van der Waals surface area (Å²) >= 11 is 1.80. The number of thiophene rings is 1. The second-order valence-corrected chi connectivity index (χ2v) is 7.92. The fourth-order valence-electron chi connectivity index (χ4n) is 3.50. The normalized spacial score (nSPS) is 16.6. The Morgan fingerprint density at radius 1 is 1.33 bits per heavy atom. The lowest BCUT2D eigenvalue weighted by Crippen LogP contribution is -2.38. The van der Waals surface area contributed by atoms with E-state index < -0.39 is 0 Å². The van der Waals surface area contributed by atoms with E-state index in [0.717, 1.165) is 24.9 Å². The van der Waals surface area contributed by atoms with Crippen LogP contribution in [-0.4, -0.2) is 30.6 Å². The van der Waals surface area contributed by atoms with Gasteiger partial charge < -0.3 is 14.4 Å². The summed E-state index contributed by atoms with van der Waals surface area (Å²) in [6, 6.07) is 8.06. The number of nitrogens with zero attached hydrogens (tertiary/aromatic N) is 1. The molecule has 1 aromatic carbocycles. The highest BCUT2D eigenvalue weighted by Crippen LogP contribution is 2.35. The van der Waals surface area contributed by atoms with Gasteiger partial charge in [0, 0.05) is 17.5 Å². The molecule has 0 fully saturated rings. The van der Waals surface area contributed by atoms with E-state index in [1.165, 1.54) is 10.4 Å². The molecule has 1 atom stereocenters. The first-order chi connectivity index (χ1) is 13.0. The van der Waals surface area contributed by atoms with Crippen molar-refractivity contribution in [1.82, 2.24) is 4.90 Å². The molecule has 3 rings (SSSR count). The second-order valence-electron chi connectivity index (χ2n) is 6.92. The molecule has 1 amide bonds. The summed E-state index contributed by atoms with van der Waals surface area (Å²) in [6.45, 7) is 6.88. The molecule has 0 N–H and O–H groups in total. The number of ether oxygens (including phenoxy) is 2. The fourth-order valence-corrected chi connectivity index (χ4v) is 4.43. The molecule has 144 valence electrons. The average molecular weight is 386 g/mol. The van der Waals surface area contributed by atoms with Gasteiger partial charge in [-0.05, 0) is 67.5 Å². The van der Waals surface area contributed by atoms with Gasteiger partial charge in [0.1, 0.15) is 0 Å². The number of methoxy groups -OCH3 is 1.